The van der Waals surface area contributed by atoms with Crippen LogP contribution in [0.1, 0.15) is 55.6 Å². The number of anilines is 1. The zero-order chi connectivity index (χ0) is 24.5. The number of aliphatic hydroxyl groups excluding tert-OH is 1. The molecule has 2 atom stereocenters. The molecule has 0 aliphatic heterocycles. The van der Waals surface area contributed by atoms with E-state index in [0.717, 1.165) is 23.1 Å². The summed E-state index contributed by atoms with van der Waals surface area (Å²) in [7, 11) is 0. The van der Waals surface area contributed by atoms with Crippen LogP contribution in [0.25, 0.3) is 5.69 Å². The van der Waals surface area contributed by atoms with Crippen LogP contribution in [0, 0.1) is 18.3 Å². The van der Waals surface area contributed by atoms with E-state index in [-0.39, 0.29) is 29.4 Å². The van der Waals surface area contributed by atoms with E-state index in [4.69, 9.17) is 0 Å². The molecule has 1 fully saturated rings. The molecule has 34 heavy (non-hydrogen) atoms. The standard InChI is InChI=1S/C24H29F3N6O/c1-15-12-30-32-33(15)20-7-5-4-6-17(20)13-28-22-29-14-18(24(25,26)27)19(31-22)10-16-8-9-21(34)23(2,3)11-16/h4-7,12,14,16,21,34H,8-11,13H2,1-3H3,(H,28,29,31)/t16-,21+/m1/s1. The number of halogens is 3. The van der Waals surface area contributed by atoms with Gasteiger partial charge in [0.1, 0.15) is 0 Å². The second kappa shape index (κ2) is 9.32. The van der Waals surface area contributed by atoms with Gasteiger partial charge in [0.2, 0.25) is 5.95 Å². The van der Waals surface area contributed by atoms with E-state index in [1.54, 1.807) is 10.9 Å². The molecule has 1 saturated carbocycles. The van der Waals surface area contributed by atoms with E-state index in [1.165, 1.54) is 0 Å². The average Bonchev–Trinajstić information content (AvgIpc) is 3.20. The van der Waals surface area contributed by atoms with Gasteiger partial charge in [-0.2, -0.15) is 13.2 Å². The van der Waals surface area contributed by atoms with E-state index in [2.05, 4.69) is 25.6 Å². The number of aliphatic hydroxyl groups is 1. The highest BCUT2D eigenvalue weighted by molar-refractivity contribution is 5.43. The van der Waals surface area contributed by atoms with Crippen LogP contribution >= 0.6 is 0 Å². The first kappa shape index (κ1) is 24.1. The normalized spacial score (nSPS) is 20.3. The van der Waals surface area contributed by atoms with E-state index >= 15 is 0 Å². The molecule has 0 radical (unpaired) electrons. The van der Waals surface area contributed by atoms with Crippen LogP contribution in [0.2, 0.25) is 0 Å². The van der Waals surface area contributed by atoms with E-state index < -0.39 is 17.8 Å². The topological polar surface area (TPSA) is 88.8 Å². The minimum Gasteiger partial charge on any atom is -0.393 e. The number of nitrogens with zero attached hydrogens (tertiary/aromatic N) is 5. The van der Waals surface area contributed by atoms with Crippen molar-refractivity contribution < 1.29 is 18.3 Å². The van der Waals surface area contributed by atoms with Crippen molar-refractivity contribution in [2.24, 2.45) is 11.3 Å². The lowest BCUT2D eigenvalue weighted by atomic mass is 9.69. The monoisotopic (exact) mass is 474 g/mol. The van der Waals surface area contributed by atoms with Gasteiger partial charge in [-0.1, -0.05) is 37.3 Å². The van der Waals surface area contributed by atoms with Crippen molar-refractivity contribution in [1.82, 2.24) is 25.0 Å². The minimum atomic E-state index is -4.53. The number of hydrogen-bond acceptors (Lipinski definition) is 6. The molecule has 1 aliphatic carbocycles. The fourth-order valence-corrected chi connectivity index (χ4v) is 4.67. The Kier molecular flexibility index (Phi) is 6.62. The number of alkyl halides is 3. The number of hydrogen-bond donors (Lipinski definition) is 2. The lowest BCUT2D eigenvalue weighted by Crippen LogP contribution is -2.37. The van der Waals surface area contributed by atoms with Crippen molar-refractivity contribution in [2.75, 3.05) is 5.32 Å². The van der Waals surface area contributed by atoms with Gasteiger partial charge in [-0.05, 0) is 55.6 Å². The van der Waals surface area contributed by atoms with Gasteiger partial charge in [-0.3, -0.25) is 0 Å². The summed E-state index contributed by atoms with van der Waals surface area (Å²) in [5.74, 6) is 0.154. The Hall–Kier alpha value is -3.01. The van der Waals surface area contributed by atoms with Crippen LogP contribution in [0.5, 0.6) is 0 Å². The van der Waals surface area contributed by atoms with E-state index in [1.807, 2.05) is 45.0 Å². The van der Waals surface area contributed by atoms with Crippen molar-refractivity contribution in [2.45, 2.75) is 65.3 Å². The van der Waals surface area contributed by atoms with Crippen molar-refractivity contribution in [3.05, 3.63) is 59.2 Å². The van der Waals surface area contributed by atoms with E-state index in [9.17, 15) is 18.3 Å². The summed E-state index contributed by atoms with van der Waals surface area (Å²) in [5.41, 5.74) is 1.41. The van der Waals surface area contributed by atoms with E-state index in [0.29, 0.717) is 25.8 Å². The smallest absolute Gasteiger partial charge is 0.393 e. The molecule has 0 bridgehead atoms. The predicted octanol–water partition coefficient (Wildman–Crippen LogP) is 4.73. The van der Waals surface area contributed by atoms with Crippen molar-refractivity contribution in [3.8, 4) is 5.69 Å². The number of para-hydroxylation sites is 1. The lowest BCUT2D eigenvalue weighted by molar-refractivity contribution is -0.138. The molecule has 0 unspecified atom stereocenters. The molecule has 4 rings (SSSR count). The number of nitrogens with one attached hydrogen (secondary N) is 1. The lowest BCUT2D eigenvalue weighted by Gasteiger charge is -2.39. The third-order valence-corrected chi connectivity index (χ3v) is 6.60. The number of aromatic nitrogens is 5. The summed E-state index contributed by atoms with van der Waals surface area (Å²) in [6.45, 7) is 6.11. The van der Waals surface area contributed by atoms with Crippen LogP contribution in [0.3, 0.4) is 0 Å². The molecule has 2 aromatic heterocycles. The Morgan fingerprint density at radius 2 is 1.94 bits per heavy atom. The molecule has 0 spiro atoms. The van der Waals surface area contributed by atoms with Crippen LogP contribution in [0.15, 0.2) is 36.7 Å². The SMILES string of the molecule is Cc1cnnn1-c1ccccc1CNc1ncc(C(F)(F)F)c(C[C@H]2CC[C@H](O)C(C)(C)C2)n1. The van der Waals surface area contributed by atoms with Gasteiger partial charge in [-0.25, -0.2) is 14.6 Å². The van der Waals surface area contributed by atoms with Crippen LogP contribution < -0.4 is 5.32 Å². The predicted molar refractivity (Wildman–Crippen MR) is 121 cm³/mol. The fraction of sp³-hybridized carbons (Fsp3) is 0.500. The maximum Gasteiger partial charge on any atom is 0.419 e. The largest absolute Gasteiger partial charge is 0.419 e. The Bertz CT molecular complexity index is 1140. The third-order valence-electron chi connectivity index (χ3n) is 6.60. The molecule has 1 aromatic carbocycles. The average molecular weight is 475 g/mol. The Labute approximate surface area is 196 Å². The number of rotatable bonds is 6. The summed E-state index contributed by atoms with van der Waals surface area (Å²) >= 11 is 0. The maximum atomic E-state index is 13.7. The molecule has 2 N–H and O–H groups in total. The summed E-state index contributed by atoms with van der Waals surface area (Å²) in [5, 5.41) is 21.3. The van der Waals surface area contributed by atoms with Crippen molar-refractivity contribution >= 4 is 5.95 Å². The number of aryl methyl sites for hydroxylation is 1. The Morgan fingerprint density at radius 3 is 2.62 bits per heavy atom. The Balaban J connectivity index is 1.56. The highest BCUT2D eigenvalue weighted by Crippen LogP contribution is 2.41. The van der Waals surface area contributed by atoms with Gasteiger partial charge in [0.15, 0.2) is 0 Å². The number of benzene rings is 1. The van der Waals surface area contributed by atoms with Crippen molar-refractivity contribution in [3.63, 3.8) is 0 Å². The first-order valence-corrected chi connectivity index (χ1v) is 11.4. The molecule has 10 heteroatoms. The third kappa shape index (κ3) is 5.22. The molecular formula is C24H29F3N6O. The second-order valence-electron chi connectivity index (χ2n) is 9.68. The maximum absolute atomic E-state index is 13.7. The summed E-state index contributed by atoms with van der Waals surface area (Å²) in [4.78, 5) is 8.23. The summed E-state index contributed by atoms with van der Waals surface area (Å²) in [6, 6.07) is 7.57. The molecule has 1 aliphatic rings. The van der Waals surface area contributed by atoms with Gasteiger partial charge >= 0.3 is 6.18 Å². The zero-order valence-corrected chi connectivity index (χ0v) is 19.5. The first-order chi connectivity index (χ1) is 16.0. The highest BCUT2D eigenvalue weighted by atomic mass is 19.4. The molecule has 0 amide bonds. The molecule has 2 heterocycles. The second-order valence-corrected chi connectivity index (χ2v) is 9.68. The van der Waals surface area contributed by atoms with Gasteiger partial charge in [0, 0.05) is 12.7 Å². The van der Waals surface area contributed by atoms with Crippen LogP contribution in [-0.2, 0) is 19.1 Å². The molecule has 7 nitrogen and oxygen atoms in total. The first-order valence-electron chi connectivity index (χ1n) is 11.4. The summed E-state index contributed by atoms with van der Waals surface area (Å²) < 4.78 is 42.8. The fourth-order valence-electron chi connectivity index (χ4n) is 4.67. The van der Waals surface area contributed by atoms with Gasteiger partial charge in [0.25, 0.3) is 0 Å². The molecule has 182 valence electrons. The summed E-state index contributed by atoms with van der Waals surface area (Å²) in [6.07, 6.45) is -0.383. The van der Waals surface area contributed by atoms with Gasteiger partial charge < -0.3 is 10.4 Å². The van der Waals surface area contributed by atoms with Gasteiger partial charge in [0.05, 0.1) is 34.9 Å². The molecular weight excluding hydrogens is 445 g/mol. The van der Waals surface area contributed by atoms with Gasteiger partial charge in [-0.15, -0.1) is 5.10 Å². The zero-order valence-electron chi connectivity index (χ0n) is 19.5. The van der Waals surface area contributed by atoms with Crippen molar-refractivity contribution in [1.29, 1.82) is 0 Å². The Morgan fingerprint density at radius 1 is 1.18 bits per heavy atom. The molecule has 3 aromatic rings. The van der Waals surface area contributed by atoms with Crippen LogP contribution in [0.4, 0.5) is 19.1 Å². The quantitative estimate of drug-likeness (QED) is 0.537. The molecule has 0 saturated heterocycles. The highest BCUT2D eigenvalue weighted by Gasteiger charge is 2.39. The van der Waals surface area contributed by atoms with Crippen LogP contribution in [-0.4, -0.2) is 36.2 Å². The minimum absolute atomic E-state index is 0.0115.